The lowest BCUT2D eigenvalue weighted by atomic mass is 10.0. The minimum atomic E-state index is 0.959. The van der Waals surface area contributed by atoms with E-state index in [2.05, 4.69) is 102 Å². The lowest BCUT2D eigenvalue weighted by Crippen LogP contribution is -3.05. The van der Waals surface area contributed by atoms with Gasteiger partial charge >= 0.3 is 0 Å². The van der Waals surface area contributed by atoms with Crippen molar-refractivity contribution in [2.24, 2.45) is 0 Å². The van der Waals surface area contributed by atoms with Crippen molar-refractivity contribution in [1.82, 2.24) is 14.7 Å². The standard InChI is InChI=1S/C22H26N4/c1-23-11-13-25(17-23)15-19-3-7-21(8-4-19)22-9-5-20(6-10-22)16-26-14-12-24(2)18-26/h3-14H,15-18H2,1-2H3/p+1. The molecule has 0 fully saturated rings. The van der Waals surface area contributed by atoms with Gasteiger partial charge in [-0.2, -0.15) is 0 Å². The highest BCUT2D eigenvalue weighted by Crippen LogP contribution is 2.21. The van der Waals surface area contributed by atoms with Gasteiger partial charge in [-0.05, 0) is 16.7 Å². The highest BCUT2D eigenvalue weighted by Gasteiger charge is 2.14. The summed E-state index contributed by atoms with van der Waals surface area (Å²) in [5.41, 5.74) is 5.29. The van der Waals surface area contributed by atoms with Gasteiger partial charge in [0.1, 0.15) is 12.7 Å². The summed E-state index contributed by atoms with van der Waals surface area (Å²) < 4.78 is 0. The molecule has 0 bridgehead atoms. The summed E-state index contributed by atoms with van der Waals surface area (Å²) in [7, 11) is 4.22. The van der Waals surface area contributed by atoms with Crippen molar-refractivity contribution < 1.29 is 4.90 Å². The Hall–Kier alpha value is -2.72. The van der Waals surface area contributed by atoms with Gasteiger partial charge < -0.3 is 14.7 Å². The minimum Gasteiger partial charge on any atom is -0.362 e. The Kier molecular flexibility index (Phi) is 4.67. The average molecular weight is 347 g/mol. The molecule has 0 aliphatic carbocycles. The zero-order chi connectivity index (χ0) is 17.9. The summed E-state index contributed by atoms with van der Waals surface area (Å²) in [6.45, 7) is 4.01. The molecule has 0 saturated heterocycles. The zero-order valence-electron chi connectivity index (χ0n) is 15.6. The first-order chi connectivity index (χ1) is 12.7. The molecule has 2 aliphatic rings. The number of rotatable bonds is 5. The Bertz CT molecular complexity index is 722. The molecule has 0 radical (unpaired) electrons. The lowest BCUT2D eigenvalue weighted by Gasteiger charge is -2.18. The smallest absolute Gasteiger partial charge is 0.156 e. The Morgan fingerprint density at radius 1 is 0.769 bits per heavy atom. The van der Waals surface area contributed by atoms with Crippen molar-refractivity contribution >= 4 is 0 Å². The molecule has 4 rings (SSSR count). The molecule has 2 aromatic carbocycles. The molecule has 0 aromatic heterocycles. The van der Waals surface area contributed by atoms with Crippen molar-refractivity contribution in [2.75, 3.05) is 27.4 Å². The van der Waals surface area contributed by atoms with Gasteiger partial charge in [0.2, 0.25) is 0 Å². The number of benzene rings is 2. The van der Waals surface area contributed by atoms with Crippen LogP contribution in [0.3, 0.4) is 0 Å². The van der Waals surface area contributed by atoms with Crippen LogP contribution >= 0.6 is 0 Å². The van der Waals surface area contributed by atoms with Crippen LogP contribution in [0.4, 0.5) is 0 Å². The van der Waals surface area contributed by atoms with Crippen molar-refractivity contribution in [3.05, 3.63) is 84.5 Å². The molecule has 0 amide bonds. The van der Waals surface area contributed by atoms with E-state index >= 15 is 0 Å². The minimum absolute atomic E-state index is 0.959. The predicted molar refractivity (Wildman–Crippen MR) is 106 cm³/mol. The Balaban J connectivity index is 1.38. The molecule has 4 nitrogen and oxygen atoms in total. The summed E-state index contributed by atoms with van der Waals surface area (Å²) in [4.78, 5) is 8.21. The first kappa shape index (κ1) is 16.7. The fourth-order valence-corrected chi connectivity index (χ4v) is 3.58. The first-order valence-electron chi connectivity index (χ1n) is 9.20. The lowest BCUT2D eigenvalue weighted by molar-refractivity contribution is -0.863. The summed E-state index contributed by atoms with van der Waals surface area (Å²) in [5.74, 6) is 0. The van der Waals surface area contributed by atoms with Crippen LogP contribution in [0.25, 0.3) is 11.1 Å². The normalized spacial score (nSPS) is 19.0. The van der Waals surface area contributed by atoms with E-state index in [-0.39, 0.29) is 0 Å². The number of nitrogens with zero attached hydrogens (tertiary/aromatic N) is 3. The largest absolute Gasteiger partial charge is 0.362 e. The van der Waals surface area contributed by atoms with Gasteiger partial charge in [-0.25, -0.2) is 0 Å². The highest BCUT2D eigenvalue weighted by atomic mass is 15.3. The van der Waals surface area contributed by atoms with Gasteiger partial charge in [0.15, 0.2) is 6.67 Å². The van der Waals surface area contributed by atoms with E-state index in [1.54, 1.807) is 0 Å². The predicted octanol–water partition coefficient (Wildman–Crippen LogP) is 2.29. The molecule has 1 atom stereocenters. The Labute approximate surface area is 156 Å². The summed E-state index contributed by atoms with van der Waals surface area (Å²) in [6, 6.07) is 17.9. The molecule has 0 saturated carbocycles. The van der Waals surface area contributed by atoms with E-state index in [9.17, 15) is 0 Å². The second-order valence-corrected chi connectivity index (χ2v) is 7.40. The maximum absolute atomic E-state index is 2.32. The van der Waals surface area contributed by atoms with Crippen molar-refractivity contribution in [2.45, 2.75) is 13.1 Å². The van der Waals surface area contributed by atoms with Crippen LogP contribution in [-0.4, -0.2) is 42.1 Å². The van der Waals surface area contributed by atoms with Gasteiger partial charge in [-0.3, -0.25) is 4.90 Å². The molecule has 134 valence electrons. The molecule has 1 unspecified atom stereocenters. The third-order valence-corrected chi connectivity index (χ3v) is 5.01. The monoisotopic (exact) mass is 347 g/mol. The van der Waals surface area contributed by atoms with Gasteiger partial charge in [-0.15, -0.1) is 0 Å². The first-order valence-corrected chi connectivity index (χ1v) is 9.20. The third-order valence-electron chi connectivity index (χ3n) is 5.01. The molecule has 0 spiro atoms. The van der Waals surface area contributed by atoms with E-state index < -0.39 is 0 Å². The fourth-order valence-electron chi connectivity index (χ4n) is 3.58. The Morgan fingerprint density at radius 3 is 1.96 bits per heavy atom. The second kappa shape index (κ2) is 7.26. The van der Waals surface area contributed by atoms with E-state index in [1.807, 2.05) is 0 Å². The van der Waals surface area contributed by atoms with Crippen LogP contribution in [-0.2, 0) is 13.1 Å². The number of hydrogen-bond donors (Lipinski definition) is 1. The molecular formula is C22H27N4+. The van der Waals surface area contributed by atoms with Crippen molar-refractivity contribution in [3.8, 4) is 11.1 Å². The molecule has 1 N–H and O–H groups in total. The summed E-state index contributed by atoms with van der Waals surface area (Å²) in [5, 5.41) is 0. The second-order valence-electron chi connectivity index (χ2n) is 7.40. The zero-order valence-corrected chi connectivity index (χ0v) is 15.6. The Morgan fingerprint density at radius 2 is 1.42 bits per heavy atom. The van der Waals surface area contributed by atoms with E-state index in [0.29, 0.717) is 0 Å². The van der Waals surface area contributed by atoms with Gasteiger partial charge in [-0.1, -0.05) is 48.5 Å². The molecular weight excluding hydrogens is 320 g/mol. The van der Waals surface area contributed by atoms with E-state index in [4.69, 9.17) is 0 Å². The molecule has 2 aromatic rings. The summed E-state index contributed by atoms with van der Waals surface area (Å²) >= 11 is 0. The van der Waals surface area contributed by atoms with Gasteiger partial charge in [0.25, 0.3) is 0 Å². The number of nitrogens with one attached hydrogen (secondary N) is 1. The number of hydrogen-bond acceptors (Lipinski definition) is 3. The fraction of sp³-hybridized carbons (Fsp3) is 0.273. The molecule has 26 heavy (non-hydrogen) atoms. The average Bonchev–Trinajstić information content (AvgIpc) is 3.24. The van der Waals surface area contributed by atoms with Gasteiger partial charge in [0, 0.05) is 38.6 Å². The third kappa shape index (κ3) is 3.92. The maximum atomic E-state index is 2.32. The topological polar surface area (TPSA) is 14.2 Å². The van der Waals surface area contributed by atoms with Crippen LogP contribution in [0, 0.1) is 0 Å². The van der Waals surface area contributed by atoms with Crippen molar-refractivity contribution in [1.29, 1.82) is 0 Å². The van der Waals surface area contributed by atoms with Crippen LogP contribution in [0.1, 0.15) is 11.1 Å². The summed E-state index contributed by atoms with van der Waals surface area (Å²) in [6.07, 6.45) is 8.66. The van der Waals surface area contributed by atoms with Crippen LogP contribution in [0.5, 0.6) is 0 Å². The van der Waals surface area contributed by atoms with Crippen LogP contribution in [0.2, 0.25) is 0 Å². The molecule has 4 heteroatoms. The number of quaternary nitrogens is 1. The van der Waals surface area contributed by atoms with E-state index in [1.165, 1.54) is 27.2 Å². The quantitative estimate of drug-likeness (QED) is 0.893. The van der Waals surface area contributed by atoms with Crippen molar-refractivity contribution in [3.63, 3.8) is 0 Å². The van der Waals surface area contributed by atoms with E-state index in [0.717, 1.165) is 26.4 Å². The molecule has 2 aliphatic heterocycles. The van der Waals surface area contributed by atoms with Crippen LogP contribution < -0.4 is 4.90 Å². The van der Waals surface area contributed by atoms with Gasteiger partial charge in [0.05, 0.1) is 12.9 Å². The molecule has 2 heterocycles. The maximum Gasteiger partial charge on any atom is 0.156 e. The highest BCUT2D eigenvalue weighted by molar-refractivity contribution is 5.63. The SMILES string of the molecule is CN1C=CN(Cc2ccc(-c3ccc(C[NH+]4C=CN(C)C4)cc3)cc2)C1. The van der Waals surface area contributed by atoms with Crippen LogP contribution in [0.15, 0.2) is 73.3 Å².